The summed E-state index contributed by atoms with van der Waals surface area (Å²) in [6.07, 6.45) is 0. The van der Waals surface area contributed by atoms with E-state index >= 15 is 0 Å². The fourth-order valence-electron chi connectivity index (χ4n) is 2.60. The third-order valence-corrected chi connectivity index (χ3v) is 5.83. The van der Waals surface area contributed by atoms with E-state index in [9.17, 15) is 8.42 Å². The molecular weight excluding hydrogens is 348 g/mol. The summed E-state index contributed by atoms with van der Waals surface area (Å²) in [6.45, 7) is 4.80. The number of halogens is 1. The van der Waals surface area contributed by atoms with Gasteiger partial charge in [0.05, 0.1) is 23.9 Å². The van der Waals surface area contributed by atoms with Gasteiger partial charge in [-0.2, -0.15) is 0 Å². The highest BCUT2D eigenvalue weighted by atomic mass is 35.5. The number of hydrogen-bond acceptors (Lipinski definition) is 4. The molecule has 0 aromatic heterocycles. The summed E-state index contributed by atoms with van der Waals surface area (Å²) in [5.41, 5.74) is 2.38. The molecule has 0 aliphatic carbocycles. The van der Waals surface area contributed by atoms with Crippen LogP contribution in [0.15, 0.2) is 47.4 Å². The van der Waals surface area contributed by atoms with E-state index in [0.717, 1.165) is 24.3 Å². The first-order valence-electron chi connectivity index (χ1n) is 7.68. The topological polar surface area (TPSA) is 58.6 Å². The molecule has 5 nitrogen and oxygen atoms in total. The van der Waals surface area contributed by atoms with Crippen LogP contribution in [0.4, 0.5) is 11.4 Å². The number of ether oxygens (including phenoxy) is 1. The summed E-state index contributed by atoms with van der Waals surface area (Å²) in [7, 11) is -3.74. The predicted molar refractivity (Wildman–Crippen MR) is 96.5 cm³/mol. The van der Waals surface area contributed by atoms with Crippen LogP contribution in [0, 0.1) is 6.92 Å². The average molecular weight is 367 g/mol. The van der Waals surface area contributed by atoms with E-state index < -0.39 is 10.0 Å². The van der Waals surface area contributed by atoms with E-state index in [0.29, 0.717) is 18.9 Å². The zero-order valence-corrected chi connectivity index (χ0v) is 14.9. The van der Waals surface area contributed by atoms with Crippen LogP contribution in [-0.4, -0.2) is 34.7 Å². The molecular formula is C17H19ClN2O3S. The van der Waals surface area contributed by atoms with Crippen molar-refractivity contribution in [2.75, 3.05) is 35.9 Å². The molecule has 1 fully saturated rings. The average Bonchev–Trinajstić information content (AvgIpc) is 2.58. The molecule has 128 valence electrons. The normalized spacial score (nSPS) is 15.3. The highest BCUT2D eigenvalue weighted by Crippen LogP contribution is 2.28. The smallest absolute Gasteiger partial charge is 0.263 e. The number of aryl methyl sites for hydroxylation is 1. The Kier molecular flexibility index (Phi) is 4.99. The van der Waals surface area contributed by atoms with Gasteiger partial charge in [-0.25, -0.2) is 8.42 Å². The minimum atomic E-state index is -3.74. The van der Waals surface area contributed by atoms with Gasteiger partial charge in [0.1, 0.15) is 4.90 Å². The molecule has 0 amide bonds. The van der Waals surface area contributed by atoms with Gasteiger partial charge in [-0.05, 0) is 36.8 Å². The Morgan fingerprint density at radius 2 is 1.83 bits per heavy atom. The number of benzene rings is 2. The van der Waals surface area contributed by atoms with Crippen molar-refractivity contribution in [3.05, 3.63) is 53.1 Å². The first kappa shape index (κ1) is 17.1. The first-order valence-corrected chi connectivity index (χ1v) is 9.54. The minimum Gasteiger partial charge on any atom is -0.378 e. The Hall–Kier alpha value is -1.76. The quantitative estimate of drug-likeness (QED) is 0.902. The lowest BCUT2D eigenvalue weighted by molar-refractivity contribution is 0.122. The number of morpholine rings is 1. The van der Waals surface area contributed by atoms with Crippen molar-refractivity contribution in [2.45, 2.75) is 11.8 Å². The SMILES string of the molecule is Cc1ccc(N2CCOCC2)cc1NS(=O)(=O)c1ccccc1Cl. The van der Waals surface area contributed by atoms with Crippen molar-refractivity contribution >= 4 is 33.0 Å². The molecule has 1 aliphatic rings. The van der Waals surface area contributed by atoms with Gasteiger partial charge in [-0.3, -0.25) is 4.72 Å². The summed E-state index contributed by atoms with van der Waals surface area (Å²) in [5.74, 6) is 0. The summed E-state index contributed by atoms with van der Waals surface area (Å²) in [6, 6.07) is 12.2. The van der Waals surface area contributed by atoms with Crippen LogP contribution in [0.3, 0.4) is 0 Å². The lowest BCUT2D eigenvalue weighted by Crippen LogP contribution is -2.36. The third-order valence-electron chi connectivity index (χ3n) is 3.97. The summed E-state index contributed by atoms with van der Waals surface area (Å²) in [4.78, 5) is 2.25. The Bertz CT molecular complexity index is 833. The molecule has 0 radical (unpaired) electrons. The molecule has 2 aromatic rings. The second kappa shape index (κ2) is 7.01. The van der Waals surface area contributed by atoms with Crippen molar-refractivity contribution in [2.24, 2.45) is 0 Å². The lowest BCUT2D eigenvalue weighted by Gasteiger charge is -2.29. The molecule has 1 N–H and O–H groups in total. The number of sulfonamides is 1. The molecule has 7 heteroatoms. The van der Waals surface area contributed by atoms with Crippen LogP contribution in [0.5, 0.6) is 0 Å². The lowest BCUT2D eigenvalue weighted by atomic mass is 10.1. The number of hydrogen-bond donors (Lipinski definition) is 1. The molecule has 0 spiro atoms. The molecule has 0 atom stereocenters. The van der Waals surface area contributed by atoms with Crippen LogP contribution in [0.1, 0.15) is 5.56 Å². The Balaban J connectivity index is 1.90. The molecule has 24 heavy (non-hydrogen) atoms. The summed E-state index contributed by atoms with van der Waals surface area (Å²) in [5, 5.41) is 0.201. The summed E-state index contributed by atoms with van der Waals surface area (Å²) < 4.78 is 33.3. The second-order valence-electron chi connectivity index (χ2n) is 5.63. The van der Waals surface area contributed by atoms with Crippen molar-refractivity contribution in [1.29, 1.82) is 0 Å². The van der Waals surface area contributed by atoms with E-state index in [4.69, 9.17) is 16.3 Å². The molecule has 1 heterocycles. The Labute approximate surface area is 147 Å². The fourth-order valence-corrected chi connectivity index (χ4v) is 4.24. The highest BCUT2D eigenvalue weighted by Gasteiger charge is 2.19. The largest absolute Gasteiger partial charge is 0.378 e. The standard InChI is InChI=1S/C17H19ClN2O3S/c1-13-6-7-14(20-8-10-23-11-9-20)12-16(13)19-24(21,22)17-5-3-2-4-15(17)18/h2-7,12,19H,8-11H2,1H3. The van der Waals surface area contributed by atoms with Crippen LogP contribution in [0.2, 0.25) is 5.02 Å². The fraction of sp³-hybridized carbons (Fsp3) is 0.294. The summed E-state index contributed by atoms with van der Waals surface area (Å²) >= 11 is 6.03. The van der Waals surface area contributed by atoms with Crippen molar-refractivity contribution in [1.82, 2.24) is 0 Å². The maximum atomic E-state index is 12.6. The van der Waals surface area contributed by atoms with Crippen molar-refractivity contribution in [3.8, 4) is 0 Å². The van der Waals surface area contributed by atoms with E-state index in [1.165, 1.54) is 6.07 Å². The molecule has 0 saturated carbocycles. The van der Waals surface area contributed by atoms with E-state index in [2.05, 4.69) is 9.62 Å². The van der Waals surface area contributed by atoms with Gasteiger partial charge in [0.2, 0.25) is 0 Å². The van der Waals surface area contributed by atoms with Crippen LogP contribution in [0.25, 0.3) is 0 Å². The van der Waals surface area contributed by atoms with Gasteiger partial charge in [0.25, 0.3) is 10.0 Å². The maximum Gasteiger partial charge on any atom is 0.263 e. The molecule has 2 aromatic carbocycles. The van der Waals surface area contributed by atoms with Gasteiger partial charge >= 0.3 is 0 Å². The third kappa shape index (κ3) is 3.66. The number of rotatable bonds is 4. The van der Waals surface area contributed by atoms with Gasteiger partial charge < -0.3 is 9.64 Å². The minimum absolute atomic E-state index is 0.0721. The van der Waals surface area contributed by atoms with Gasteiger partial charge in [0, 0.05) is 18.8 Å². The van der Waals surface area contributed by atoms with Gasteiger partial charge in [-0.1, -0.05) is 29.8 Å². The predicted octanol–water partition coefficient (Wildman–Crippen LogP) is 3.29. The molecule has 0 unspecified atom stereocenters. The van der Waals surface area contributed by atoms with Crippen LogP contribution < -0.4 is 9.62 Å². The maximum absolute atomic E-state index is 12.6. The number of nitrogens with one attached hydrogen (secondary N) is 1. The molecule has 1 saturated heterocycles. The zero-order valence-electron chi connectivity index (χ0n) is 13.3. The van der Waals surface area contributed by atoms with Gasteiger partial charge in [-0.15, -0.1) is 0 Å². The monoisotopic (exact) mass is 366 g/mol. The van der Waals surface area contributed by atoms with E-state index in [1.54, 1.807) is 18.2 Å². The number of anilines is 2. The van der Waals surface area contributed by atoms with Crippen LogP contribution in [-0.2, 0) is 14.8 Å². The Morgan fingerprint density at radius 3 is 2.54 bits per heavy atom. The van der Waals surface area contributed by atoms with E-state index in [-0.39, 0.29) is 9.92 Å². The van der Waals surface area contributed by atoms with Crippen molar-refractivity contribution in [3.63, 3.8) is 0 Å². The highest BCUT2D eigenvalue weighted by molar-refractivity contribution is 7.92. The van der Waals surface area contributed by atoms with Crippen LogP contribution >= 0.6 is 11.6 Å². The zero-order chi connectivity index (χ0) is 17.2. The molecule has 1 aliphatic heterocycles. The van der Waals surface area contributed by atoms with Crippen molar-refractivity contribution < 1.29 is 13.2 Å². The second-order valence-corrected chi connectivity index (χ2v) is 7.69. The van der Waals surface area contributed by atoms with Gasteiger partial charge in [0.15, 0.2) is 0 Å². The first-order chi connectivity index (χ1) is 11.5. The molecule has 0 bridgehead atoms. The number of nitrogens with zero attached hydrogens (tertiary/aromatic N) is 1. The Morgan fingerprint density at radius 1 is 1.12 bits per heavy atom. The molecule has 3 rings (SSSR count). The van der Waals surface area contributed by atoms with E-state index in [1.807, 2.05) is 25.1 Å².